The van der Waals surface area contributed by atoms with Gasteiger partial charge in [0.15, 0.2) is 0 Å². The van der Waals surface area contributed by atoms with Gasteiger partial charge in [0.1, 0.15) is 11.6 Å². The SMILES string of the molecule is CC(C)CN1CCC2(CCN(Cc3ccc(C(=O)N(Cc4nccn4C)Cc4nccn4C)cc3)CC2)CC1. The number of carbonyl (C=O) groups excluding carboxylic acids is 1. The summed E-state index contributed by atoms with van der Waals surface area (Å²) in [5.41, 5.74) is 2.53. The number of rotatable bonds is 9. The van der Waals surface area contributed by atoms with E-state index in [-0.39, 0.29) is 5.91 Å². The van der Waals surface area contributed by atoms with Crippen molar-refractivity contribution in [3.8, 4) is 0 Å². The molecule has 2 aromatic heterocycles. The molecule has 0 aliphatic carbocycles. The average Bonchev–Trinajstić information content (AvgIpc) is 3.53. The van der Waals surface area contributed by atoms with Crippen molar-refractivity contribution in [3.63, 3.8) is 0 Å². The third-order valence-corrected chi connectivity index (χ3v) is 8.86. The van der Waals surface area contributed by atoms with E-state index < -0.39 is 0 Å². The molecule has 0 saturated carbocycles. The topological polar surface area (TPSA) is 62.4 Å². The first kappa shape index (κ1) is 27.6. The quantitative estimate of drug-likeness (QED) is 0.411. The summed E-state index contributed by atoms with van der Waals surface area (Å²) < 4.78 is 3.92. The van der Waals surface area contributed by atoms with Crippen LogP contribution in [-0.4, -0.2) is 72.4 Å². The zero-order chi connectivity index (χ0) is 27.4. The number of likely N-dealkylation sites (tertiary alicyclic amines) is 2. The predicted molar refractivity (Wildman–Crippen MR) is 154 cm³/mol. The molecule has 8 heteroatoms. The fourth-order valence-corrected chi connectivity index (χ4v) is 6.24. The maximum atomic E-state index is 13.6. The molecule has 1 amide bonds. The zero-order valence-electron chi connectivity index (χ0n) is 24.2. The summed E-state index contributed by atoms with van der Waals surface area (Å²) in [6, 6.07) is 8.22. The Balaban J connectivity index is 1.17. The number of hydrogen-bond acceptors (Lipinski definition) is 5. The molecule has 8 nitrogen and oxygen atoms in total. The summed E-state index contributed by atoms with van der Waals surface area (Å²) in [7, 11) is 3.91. The summed E-state index contributed by atoms with van der Waals surface area (Å²) in [5, 5.41) is 0. The fraction of sp³-hybridized carbons (Fsp3) is 0.581. The van der Waals surface area contributed by atoms with Crippen molar-refractivity contribution in [1.29, 1.82) is 0 Å². The second-order valence-corrected chi connectivity index (χ2v) is 12.2. The molecule has 0 bridgehead atoms. The van der Waals surface area contributed by atoms with Crippen LogP contribution < -0.4 is 0 Å². The Kier molecular flexibility index (Phi) is 8.52. The van der Waals surface area contributed by atoms with Gasteiger partial charge >= 0.3 is 0 Å². The summed E-state index contributed by atoms with van der Waals surface area (Å²) in [6.07, 6.45) is 12.7. The molecule has 2 aliphatic heterocycles. The van der Waals surface area contributed by atoms with Gasteiger partial charge in [0.2, 0.25) is 0 Å². The Hall–Kier alpha value is -2.97. The molecule has 1 spiro atoms. The summed E-state index contributed by atoms with van der Waals surface area (Å²) in [6.45, 7) is 12.6. The number of aryl methyl sites for hydroxylation is 2. The van der Waals surface area contributed by atoms with Gasteiger partial charge < -0.3 is 18.9 Å². The Morgan fingerprint density at radius 2 is 1.36 bits per heavy atom. The third-order valence-electron chi connectivity index (χ3n) is 8.86. The van der Waals surface area contributed by atoms with Crippen LogP contribution in [0.1, 0.15) is 67.1 Å². The molecule has 39 heavy (non-hydrogen) atoms. The van der Waals surface area contributed by atoms with Crippen LogP contribution in [0, 0.1) is 11.3 Å². The van der Waals surface area contributed by atoms with Gasteiger partial charge in [-0.15, -0.1) is 0 Å². The van der Waals surface area contributed by atoms with Crippen molar-refractivity contribution in [3.05, 3.63) is 71.8 Å². The first-order valence-electron chi connectivity index (χ1n) is 14.6. The lowest BCUT2D eigenvalue weighted by atomic mass is 9.71. The molecular formula is C31H45N7O. The summed E-state index contributed by atoms with van der Waals surface area (Å²) >= 11 is 0. The molecule has 0 atom stereocenters. The van der Waals surface area contributed by atoms with Crippen LogP contribution in [0.3, 0.4) is 0 Å². The zero-order valence-corrected chi connectivity index (χ0v) is 24.2. The lowest BCUT2D eigenvalue weighted by Gasteiger charge is -2.47. The second kappa shape index (κ2) is 12.0. The van der Waals surface area contributed by atoms with E-state index in [2.05, 4.69) is 45.7 Å². The number of benzene rings is 1. The van der Waals surface area contributed by atoms with E-state index in [1.165, 1.54) is 64.0 Å². The molecular weight excluding hydrogens is 486 g/mol. The highest BCUT2D eigenvalue weighted by Crippen LogP contribution is 2.41. The highest BCUT2D eigenvalue weighted by Gasteiger charge is 2.37. The monoisotopic (exact) mass is 531 g/mol. The van der Waals surface area contributed by atoms with Gasteiger partial charge in [-0.2, -0.15) is 0 Å². The van der Waals surface area contributed by atoms with Crippen molar-refractivity contribution in [2.75, 3.05) is 32.7 Å². The summed E-state index contributed by atoms with van der Waals surface area (Å²) in [4.78, 5) is 29.6. The van der Waals surface area contributed by atoms with Crippen LogP contribution in [0.4, 0.5) is 0 Å². The van der Waals surface area contributed by atoms with E-state index in [9.17, 15) is 4.79 Å². The number of piperidine rings is 2. The van der Waals surface area contributed by atoms with Crippen LogP contribution in [0.5, 0.6) is 0 Å². The van der Waals surface area contributed by atoms with Gasteiger partial charge in [-0.05, 0) is 80.9 Å². The predicted octanol–water partition coefficient (Wildman–Crippen LogP) is 4.33. The molecule has 1 aromatic carbocycles. The summed E-state index contributed by atoms with van der Waals surface area (Å²) in [5.74, 6) is 2.45. The van der Waals surface area contributed by atoms with E-state index in [0.29, 0.717) is 24.1 Å². The van der Waals surface area contributed by atoms with E-state index in [1.807, 2.05) is 52.7 Å². The van der Waals surface area contributed by atoms with Gasteiger partial charge in [-0.1, -0.05) is 26.0 Å². The molecule has 210 valence electrons. The minimum Gasteiger partial charge on any atom is -0.337 e. The van der Waals surface area contributed by atoms with Crippen molar-refractivity contribution in [2.45, 2.75) is 59.2 Å². The molecule has 0 unspecified atom stereocenters. The Morgan fingerprint density at radius 1 is 0.846 bits per heavy atom. The largest absolute Gasteiger partial charge is 0.337 e. The molecule has 5 rings (SSSR count). The minimum absolute atomic E-state index is 0.00345. The van der Waals surface area contributed by atoms with Crippen molar-refractivity contribution in [1.82, 2.24) is 33.8 Å². The van der Waals surface area contributed by atoms with Gasteiger partial charge in [0, 0.05) is 57.5 Å². The second-order valence-electron chi connectivity index (χ2n) is 12.2. The maximum Gasteiger partial charge on any atom is 0.254 e. The van der Waals surface area contributed by atoms with E-state index in [1.54, 1.807) is 12.4 Å². The van der Waals surface area contributed by atoms with Crippen LogP contribution >= 0.6 is 0 Å². The van der Waals surface area contributed by atoms with E-state index >= 15 is 0 Å². The van der Waals surface area contributed by atoms with Gasteiger partial charge in [-0.3, -0.25) is 9.69 Å². The molecule has 4 heterocycles. The molecule has 0 radical (unpaired) electrons. The average molecular weight is 532 g/mol. The van der Waals surface area contributed by atoms with Gasteiger partial charge in [0.25, 0.3) is 5.91 Å². The van der Waals surface area contributed by atoms with E-state index in [4.69, 9.17) is 0 Å². The smallest absolute Gasteiger partial charge is 0.254 e. The highest BCUT2D eigenvalue weighted by molar-refractivity contribution is 5.94. The van der Waals surface area contributed by atoms with Crippen LogP contribution in [0.15, 0.2) is 49.1 Å². The first-order chi connectivity index (χ1) is 18.8. The van der Waals surface area contributed by atoms with Crippen molar-refractivity contribution in [2.24, 2.45) is 25.4 Å². The van der Waals surface area contributed by atoms with Crippen LogP contribution in [0.2, 0.25) is 0 Å². The Morgan fingerprint density at radius 3 is 1.82 bits per heavy atom. The van der Waals surface area contributed by atoms with Crippen LogP contribution in [-0.2, 0) is 33.7 Å². The number of aromatic nitrogens is 4. The number of nitrogens with zero attached hydrogens (tertiary/aromatic N) is 7. The number of hydrogen-bond donors (Lipinski definition) is 0. The van der Waals surface area contributed by atoms with Gasteiger partial charge in [-0.25, -0.2) is 9.97 Å². The Labute approximate surface area is 233 Å². The van der Waals surface area contributed by atoms with Crippen molar-refractivity contribution < 1.29 is 4.79 Å². The lowest BCUT2D eigenvalue weighted by molar-refractivity contribution is 0.0291. The minimum atomic E-state index is -0.00345. The van der Waals surface area contributed by atoms with Crippen molar-refractivity contribution >= 4 is 5.91 Å². The fourth-order valence-electron chi connectivity index (χ4n) is 6.24. The third kappa shape index (κ3) is 6.79. The molecule has 3 aromatic rings. The normalized spacial score (nSPS) is 18.2. The lowest BCUT2D eigenvalue weighted by Crippen LogP contribution is -2.47. The standard InChI is InChI=1S/C31H45N7O/c1-25(2)21-36-15-9-31(10-16-36)11-17-37(18-12-31)22-26-5-7-27(8-6-26)30(39)38(23-28-32-13-19-34(28)3)24-29-33-14-20-35(29)4/h5-8,13-14,19-20,25H,9-12,15-18,21-24H2,1-4H3. The maximum absolute atomic E-state index is 13.6. The van der Waals surface area contributed by atoms with Crippen LogP contribution in [0.25, 0.3) is 0 Å². The first-order valence-corrected chi connectivity index (χ1v) is 14.6. The molecule has 2 aliphatic rings. The van der Waals surface area contributed by atoms with E-state index in [0.717, 1.165) is 24.1 Å². The van der Waals surface area contributed by atoms with Gasteiger partial charge in [0.05, 0.1) is 13.1 Å². The molecule has 2 saturated heterocycles. The molecule has 0 N–H and O–H groups in total. The highest BCUT2D eigenvalue weighted by atomic mass is 16.2. The Bertz CT molecular complexity index is 1170. The molecule has 2 fully saturated rings. The number of imidazole rings is 2. The number of carbonyl (C=O) groups is 1. The number of amides is 1.